The Morgan fingerprint density at radius 3 is 1.93 bits per heavy atom. The number of amides is 2. The molecule has 44 heavy (non-hydrogen) atoms. The van der Waals surface area contributed by atoms with Gasteiger partial charge in [0.2, 0.25) is 12.3 Å². The highest BCUT2D eigenvalue weighted by Crippen LogP contribution is 2.30. The number of rotatable bonds is 14. The first-order valence-corrected chi connectivity index (χ1v) is 13.8. The summed E-state index contributed by atoms with van der Waals surface area (Å²) < 4.78 is 33.0. The third-order valence-corrected chi connectivity index (χ3v) is 7.44. The normalized spacial score (nSPS) is 43.7. The first kappa shape index (κ1) is 36.8. The Labute approximate surface area is 250 Å². The van der Waals surface area contributed by atoms with Gasteiger partial charge in [0.05, 0.1) is 39.1 Å². The predicted octanol–water partition coefficient (Wildman–Crippen LogP) is -8.30. The van der Waals surface area contributed by atoms with E-state index in [4.69, 9.17) is 28.4 Å². The van der Waals surface area contributed by atoms with Crippen LogP contribution in [0.5, 0.6) is 0 Å². The fourth-order valence-electron chi connectivity index (χ4n) is 4.94. The summed E-state index contributed by atoms with van der Waals surface area (Å²) in [5, 5.41) is 107. The van der Waals surface area contributed by atoms with Crippen molar-refractivity contribution in [3.8, 4) is 0 Å². The van der Waals surface area contributed by atoms with Gasteiger partial charge in [0.1, 0.15) is 73.2 Å². The van der Waals surface area contributed by atoms with Crippen molar-refractivity contribution in [2.45, 2.75) is 105 Å². The summed E-state index contributed by atoms with van der Waals surface area (Å²) in [4.78, 5) is 22.3. The van der Waals surface area contributed by atoms with E-state index in [2.05, 4.69) is 10.6 Å². The van der Waals surface area contributed by atoms with Crippen LogP contribution in [-0.2, 0) is 38.0 Å². The Morgan fingerprint density at radius 1 is 0.750 bits per heavy atom. The molecule has 0 aromatic rings. The third-order valence-electron chi connectivity index (χ3n) is 7.44. The van der Waals surface area contributed by atoms with Crippen molar-refractivity contribution in [3.63, 3.8) is 0 Å². The molecule has 2 amide bonds. The highest BCUT2D eigenvalue weighted by atomic mass is 16.8. The lowest BCUT2D eigenvalue weighted by Gasteiger charge is -2.46. The Bertz CT molecular complexity index is 903. The van der Waals surface area contributed by atoms with E-state index in [0.29, 0.717) is 6.41 Å². The van der Waals surface area contributed by atoms with E-state index in [9.17, 15) is 60.7 Å². The van der Waals surface area contributed by atoms with Gasteiger partial charge in [0.25, 0.3) is 0 Å². The fourth-order valence-corrected chi connectivity index (χ4v) is 4.94. The average Bonchev–Trinajstić information content (AvgIpc) is 3.00. The van der Waals surface area contributed by atoms with Crippen LogP contribution in [0.4, 0.5) is 0 Å². The topological polar surface area (TPSA) is 316 Å². The van der Waals surface area contributed by atoms with Crippen molar-refractivity contribution in [3.05, 3.63) is 0 Å². The van der Waals surface area contributed by atoms with Crippen LogP contribution >= 0.6 is 0 Å². The van der Waals surface area contributed by atoms with Crippen LogP contribution in [-0.4, -0.2) is 195 Å². The van der Waals surface area contributed by atoms with Crippen molar-refractivity contribution < 1.29 is 89.1 Å². The van der Waals surface area contributed by atoms with Crippen molar-refractivity contribution in [2.75, 3.05) is 33.0 Å². The van der Waals surface area contributed by atoms with E-state index >= 15 is 0 Å². The molecule has 3 saturated heterocycles. The number of nitrogens with one attached hydrogen (secondary N) is 2. The van der Waals surface area contributed by atoms with Crippen LogP contribution < -0.4 is 10.6 Å². The molecule has 12 N–H and O–H groups in total. The monoisotopic (exact) mass is 646 g/mol. The summed E-state index contributed by atoms with van der Waals surface area (Å²) in [7, 11) is 0. The second-order valence-electron chi connectivity index (χ2n) is 10.6. The molecule has 16 atom stereocenters. The average molecular weight is 647 g/mol. The van der Waals surface area contributed by atoms with E-state index in [1.165, 1.54) is 0 Å². The molecule has 0 unspecified atom stereocenters. The zero-order valence-corrected chi connectivity index (χ0v) is 23.6. The molecule has 3 aliphatic heterocycles. The zero-order valence-electron chi connectivity index (χ0n) is 23.6. The Balaban J connectivity index is 1.68. The van der Waals surface area contributed by atoms with E-state index in [1.54, 1.807) is 0 Å². The molecule has 20 nitrogen and oxygen atoms in total. The highest BCUT2D eigenvalue weighted by Gasteiger charge is 2.52. The fraction of sp³-hybridized carbons (Fsp3) is 0.917. The minimum absolute atomic E-state index is 0.319. The first-order valence-electron chi connectivity index (χ1n) is 13.8. The van der Waals surface area contributed by atoms with Gasteiger partial charge in [-0.25, -0.2) is 0 Å². The summed E-state index contributed by atoms with van der Waals surface area (Å²) in [6, 6.07) is -2.19. The van der Waals surface area contributed by atoms with Crippen LogP contribution in [0.2, 0.25) is 0 Å². The van der Waals surface area contributed by atoms with Crippen LogP contribution in [0.25, 0.3) is 0 Å². The molecular weight excluding hydrogens is 604 g/mol. The molecule has 0 spiro atoms. The number of ether oxygens (including phenoxy) is 6. The van der Waals surface area contributed by atoms with Gasteiger partial charge in [-0.3, -0.25) is 9.59 Å². The maximum absolute atomic E-state index is 11.7. The summed E-state index contributed by atoms with van der Waals surface area (Å²) in [5.41, 5.74) is 0. The second-order valence-corrected chi connectivity index (χ2v) is 10.6. The quantitative estimate of drug-likeness (QED) is 0.0779. The largest absolute Gasteiger partial charge is 0.394 e. The molecule has 3 aliphatic rings. The van der Waals surface area contributed by atoms with Crippen molar-refractivity contribution in [1.82, 2.24) is 10.6 Å². The summed E-state index contributed by atoms with van der Waals surface area (Å²) in [6.07, 6.45) is -22.8. The van der Waals surface area contributed by atoms with Crippen molar-refractivity contribution >= 4 is 12.3 Å². The molecular formula is C24H42N2O18. The maximum Gasteiger partial charge on any atom is 0.217 e. The second kappa shape index (κ2) is 16.7. The number of carbonyl (C=O) groups excluding carboxylic acids is 2. The molecule has 0 bridgehead atoms. The Morgan fingerprint density at radius 2 is 1.34 bits per heavy atom. The van der Waals surface area contributed by atoms with Crippen molar-refractivity contribution in [1.29, 1.82) is 0 Å². The highest BCUT2D eigenvalue weighted by molar-refractivity contribution is 5.73. The molecule has 3 rings (SSSR count). The standard InChI is InChI=1S/C24H42N2O18/c1-8(31)26-13-16(34)14(32)10(3-28)41-22(13)40-6-12-15(33)17(35)19(37)24(43-12)44-21-11(4-29)42-23(20(38)18(21)36)39-5-9(2-27)25-7-30/h7,9-24,27-29,32-38H,2-6H2,1H3,(H,25,30)(H,26,31)/t9-,10-,11-,12-,13-,14-,15+,16-,17+,18-,19-,20-,21-,22-,23-,24+/m1/s1. The lowest BCUT2D eigenvalue weighted by atomic mass is 9.96. The molecule has 0 radical (unpaired) electrons. The van der Waals surface area contributed by atoms with Crippen molar-refractivity contribution in [2.24, 2.45) is 0 Å². The molecule has 256 valence electrons. The van der Waals surface area contributed by atoms with Gasteiger partial charge in [-0.2, -0.15) is 0 Å². The SMILES string of the molecule is CC(=O)N[C@H]1[C@H](OC[C@H]2O[C@@H](O[C@H]3[C@H](O)[C@@H](O)[C@H](OC[C@@H](CO)NC=O)O[C@@H]3CO)[C@H](O)[C@@H](O)[C@H]2O)O[C@H](CO)[C@@H](O)[C@@H]1O. The number of hydrogen-bond acceptors (Lipinski definition) is 18. The van der Waals surface area contributed by atoms with E-state index in [-0.39, 0.29) is 6.61 Å². The van der Waals surface area contributed by atoms with Gasteiger partial charge >= 0.3 is 0 Å². The predicted molar refractivity (Wildman–Crippen MR) is 137 cm³/mol. The van der Waals surface area contributed by atoms with Crippen LogP contribution in [0.1, 0.15) is 6.92 Å². The maximum atomic E-state index is 11.7. The van der Waals surface area contributed by atoms with Crippen LogP contribution in [0, 0.1) is 0 Å². The van der Waals surface area contributed by atoms with E-state index in [0.717, 1.165) is 6.92 Å². The van der Waals surface area contributed by atoms with Gasteiger partial charge in [-0.1, -0.05) is 0 Å². The lowest BCUT2D eigenvalue weighted by Crippen LogP contribution is -2.66. The van der Waals surface area contributed by atoms with Gasteiger partial charge < -0.3 is 90.1 Å². The number of carbonyl (C=O) groups is 2. The van der Waals surface area contributed by atoms with E-state index in [1.807, 2.05) is 0 Å². The van der Waals surface area contributed by atoms with Crippen LogP contribution in [0.3, 0.4) is 0 Å². The molecule has 0 aliphatic carbocycles. The number of aliphatic hydroxyl groups is 10. The lowest BCUT2D eigenvalue weighted by molar-refractivity contribution is -0.363. The molecule has 3 fully saturated rings. The summed E-state index contributed by atoms with van der Waals surface area (Å²) >= 11 is 0. The number of hydrogen-bond donors (Lipinski definition) is 12. The molecule has 3 heterocycles. The van der Waals surface area contributed by atoms with E-state index < -0.39 is 130 Å². The Kier molecular flexibility index (Phi) is 14.0. The zero-order chi connectivity index (χ0) is 32.7. The van der Waals surface area contributed by atoms with Gasteiger partial charge in [0.15, 0.2) is 18.9 Å². The summed E-state index contributed by atoms with van der Waals surface area (Å²) in [6.45, 7) is -1.87. The molecule has 20 heteroatoms. The molecule has 0 aromatic carbocycles. The smallest absolute Gasteiger partial charge is 0.217 e. The van der Waals surface area contributed by atoms with Gasteiger partial charge in [0, 0.05) is 6.92 Å². The third kappa shape index (κ3) is 8.55. The molecule has 0 saturated carbocycles. The number of aliphatic hydroxyl groups excluding tert-OH is 10. The Hall–Kier alpha value is -1.70. The first-order chi connectivity index (χ1) is 20.9. The summed E-state index contributed by atoms with van der Waals surface area (Å²) in [5.74, 6) is -0.616. The van der Waals surface area contributed by atoms with Crippen LogP contribution in [0.15, 0.2) is 0 Å². The van der Waals surface area contributed by atoms with Gasteiger partial charge in [-0.05, 0) is 0 Å². The van der Waals surface area contributed by atoms with Gasteiger partial charge in [-0.15, -0.1) is 0 Å². The minimum atomic E-state index is -1.92. The minimum Gasteiger partial charge on any atom is -0.394 e. The molecule has 0 aromatic heterocycles.